The van der Waals surface area contributed by atoms with Gasteiger partial charge in [0.1, 0.15) is 22.9 Å². The Morgan fingerprint density at radius 1 is 0.500 bits per heavy atom. The number of imidazole rings is 2. The SMILES string of the molecule is CCn1c(=O)c2nc(C3C(c4ccc(OC)c(OC)c4)C(c4nc5c(=O)n(CC)c(=O)n(CC)c5n4C)C3c3ccc(OC)c(OC)c3)n(C)c2n(CC)c1=O. The Balaban J connectivity index is 1.60. The summed E-state index contributed by atoms with van der Waals surface area (Å²) in [6.45, 7) is 8.31. The summed E-state index contributed by atoms with van der Waals surface area (Å²) < 4.78 is 32.1. The number of hydrogen-bond donors (Lipinski definition) is 0. The van der Waals surface area contributed by atoms with E-state index in [1.54, 1.807) is 51.4 Å². The van der Waals surface area contributed by atoms with Gasteiger partial charge < -0.3 is 28.1 Å². The van der Waals surface area contributed by atoms with Crippen molar-refractivity contribution >= 4 is 22.3 Å². The van der Waals surface area contributed by atoms with Crippen molar-refractivity contribution in [3.8, 4) is 23.0 Å². The van der Waals surface area contributed by atoms with E-state index in [1.165, 1.54) is 9.13 Å². The Morgan fingerprint density at radius 3 is 1.14 bits per heavy atom. The molecule has 4 heterocycles. The first-order valence-corrected chi connectivity index (χ1v) is 18.8. The summed E-state index contributed by atoms with van der Waals surface area (Å²) in [5.74, 6) is 1.67. The zero-order valence-corrected chi connectivity index (χ0v) is 33.4. The summed E-state index contributed by atoms with van der Waals surface area (Å²) in [7, 11) is 9.96. The maximum atomic E-state index is 13.9. The van der Waals surface area contributed by atoms with Crippen molar-refractivity contribution in [1.82, 2.24) is 37.4 Å². The second-order valence-electron chi connectivity index (χ2n) is 13.9. The molecule has 0 aliphatic heterocycles. The van der Waals surface area contributed by atoms with Gasteiger partial charge in [-0.05, 0) is 63.1 Å². The molecule has 6 aromatic rings. The normalized spacial score (nSPS) is 18.0. The Kier molecular flexibility index (Phi) is 9.93. The molecular weight excluding hydrogens is 720 g/mol. The Hall–Kier alpha value is -6.06. The van der Waals surface area contributed by atoms with Gasteiger partial charge >= 0.3 is 11.4 Å². The van der Waals surface area contributed by atoms with Crippen molar-refractivity contribution < 1.29 is 18.9 Å². The van der Waals surface area contributed by atoms with Crippen LogP contribution in [0.1, 0.15) is 74.1 Å². The molecule has 0 atom stereocenters. The minimum Gasteiger partial charge on any atom is -0.493 e. The minimum atomic E-state index is -0.458. The fourth-order valence-corrected chi connectivity index (χ4v) is 8.88. The average Bonchev–Trinajstić information content (AvgIpc) is 3.71. The molecule has 0 N–H and O–H groups in total. The number of nitrogens with zero attached hydrogens (tertiary/aromatic N) is 8. The van der Waals surface area contributed by atoms with E-state index in [2.05, 4.69) is 0 Å². The number of rotatable bonds is 12. The largest absolute Gasteiger partial charge is 0.493 e. The predicted octanol–water partition coefficient (Wildman–Crippen LogP) is 3.67. The van der Waals surface area contributed by atoms with Crippen LogP contribution in [0.5, 0.6) is 23.0 Å². The molecule has 1 aliphatic carbocycles. The number of benzene rings is 2. The highest BCUT2D eigenvalue weighted by Gasteiger charge is 2.57. The first-order valence-electron chi connectivity index (χ1n) is 18.8. The third kappa shape index (κ3) is 5.39. The van der Waals surface area contributed by atoms with Gasteiger partial charge in [-0.2, -0.15) is 0 Å². The molecular formula is C40H48N8O8. The third-order valence-electron chi connectivity index (χ3n) is 11.5. The fraction of sp³-hybridized carbons (Fsp3) is 0.450. The van der Waals surface area contributed by atoms with E-state index in [1.807, 2.05) is 73.5 Å². The smallest absolute Gasteiger partial charge is 0.332 e. The number of ether oxygens (including phenoxy) is 4. The van der Waals surface area contributed by atoms with Crippen molar-refractivity contribution in [1.29, 1.82) is 0 Å². The fourth-order valence-electron chi connectivity index (χ4n) is 8.88. The van der Waals surface area contributed by atoms with Gasteiger partial charge in [0.05, 0.1) is 28.4 Å². The summed E-state index contributed by atoms with van der Waals surface area (Å²) in [6, 6.07) is 11.5. The maximum Gasteiger partial charge on any atom is 0.332 e. The number of methoxy groups -OCH3 is 4. The molecule has 1 aliphatic rings. The van der Waals surface area contributed by atoms with Crippen LogP contribution >= 0.6 is 0 Å². The molecule has 4 aromatic heterocycles. The van der Waals surface area contributed by atoms with Crippen LogP contribution in [0.25, 0.3) is 22.3 Å². The van der Waals surface area contributed by atoms with Crippen molar-refractivity contribution in [2.45, 2.75) is 77.5 Å². The number of aryl methyl sites for hydroxylation is 4. The molecule has 0 unspecified atom stereocenters. The molecule has 0 radical (unpaired) electrons. The second kappa shape index (κ2) is 14.5. The Morgan fingerprint density at radius 2 is 0.839 bits per heavy atom. The molecule has 1 fully saturated rings. The van der Waals surface area contributed by atoms with Crippen LogP contribution in [0.3, 0.4) is 0 Å². The van der Waals surface area contributed by atoms with E-state index in [4.69, 9.17) is 28.9 Å². The third-order valence-corrected chi connectivity index (χ3v) is 11.5. The number of hydrogen-bond acceptors (Lipinski definition) is 10. The molecule has 0 saturated heterocycles. The molecule has 296 valence electrons. The quantitative estimate of drug-likeness (QED) is 0.180. The van der Waals surface area contributed by atoms with E-state index in [-0.39, 0.29) is 36.0 Å². The zero-order valence-electron chi connectivity index (χ0n) is 33.4. The first kappa shape index (κ1) is 38.2. The van der Waals surface area contributed by atoms with Crippen molar-refractivity contribution in [3.05, 3.63) is 101 Å². The monoisotopic (exact) mass is 768 g/mol. The van der Waals surface area contributed by atoms with E-state index < -0.39 is 34.3 Å². The second-order valence-corrected chi connectivity index (χ2v) is 13.9. The van der Waals surface area contributed by atoms with Crippen LogP contribution in [-0.2, 0) is 40.3 Å². The molecule has 16 heteroatoms. The summed E-state index contributed by atoms with van der Waals surface area (Å²) in [4.78, 5) is 65.2. The highest BCUT2D eigenvalue weighted by molar-refractivity contribution is 5.73. The number of fused-ring (bicyclic) bond motifs is 2. The molecule has 0 spiro atoms. The van der Waals surface area contributed by atoms with Gasteiger partial charge in [-0.1, -0.05) is 12.1 Å². The lowest BCUT2D eigenvalue weighted by Gasteiger charge is -2.52. The maximum absolute atomic E-state index is 13.9. The molecule has 1 saturated carbocycles. The van der Waals surface area contributed by atoms with E-state index in [9.17, 15) is 19.2 Å². The minimum absolute atomic E-state index is 0.196. The molecule has 7 rings (SSSR count). The van der Waals surface area contributed by atoms with Crippen molar-refractivity contribution in [3.63, 3.8) is 0 Å². The molecule has 16 nitrogen and oxygen atoms in total. The highest BCUT2D eigenvalue weighted by atomic mass is 16.5. The Bertz CT molecular complexity index is 2550. The van der Waals surface area contributed by atoms with E-state index >= 15 is 0 Å². The van der Waals surface area contributed by atoms with Gasteiger partial charge in [0.25, 0.3) is 11.1 Å². The molecule has 2 aromatic carbocycles. The van der Waals surface area contributed by atoms with Crippen LogP contribution in [-0.4, -0.2) is 65.8 Å². The molecule has 0 bridgehead atoms. The van der Waals surface area contributed by atoms with E-state index in [0.29, 0.717) is 59.0 Å². The van der Waals surface area contributed by atoms with Gasteiger partial charge in [0, 0.05) is 63.9 Å². The van der Waals surface area contributed by atoms with Gasteiger partial charge in [-0.15, -0.1) is 0 Å². The highest BCUT2D eigenvalue weighted by Crippen LogP contribution is 2.67. The van der Waals surface area contributed by atoms with Crippen LogP contribution in [0.4, 0.5) is 0 Å². The van der Waals surface area contributed by atoms with Crippen LogP contribution < -0.4 is 41.4 Å². The first-order chi connectivity index (χ1) is 27.0. The average molecular weight is 769 g/mol. The number of aromatic nitrogens is 8. The summed E-state index contributed by atoms with van der Waals surface area (Å²) >= 11 is 0. The van der Waals surface area contributed by atoms with E-state index in [0.717, 1.165) is 11.1 Å². The van der Waals surface area contributed by atoms with Crippen LogP contribution in [0.2, 0.25) is 0 Å². The summed E-state index contributed by atoms with van der Waals surface area (Å²) in [5.41, 5.74) is 1.26. The lowest BCUT2D eigenvalue weighted by molar-refractivity contribution is 0.204. The predicted molar refractivity (Wildman–Crippen MR) is 211 cm³/mol. The summed E-state index contributed by atoms with van der Waals surface area (Å²) in [5, 5.41) is 0. The lowest BCUT2D eigenvalue weighted by Crippen LogP contribution is -2.42. The zero-order chi connectivity index (χ0) is 40.3. The van der Waals surface area contributed by atoms with Gasteiger partial charge in [-0.25, -0.2) is 19.6 Å². The van der Waals surface area contributed by atoms with Crippen molar-refractivity contribution in [2.24, 2.45) is 14.1 Å². The summed E-state index contributed by atoms with van der Waals surface area (Å²) in [6.07, 6.45) is 0. The van der Waals surface area contributed by atoms with Gasteiger partial charge in [0.15, 0.2) is 34.0 Å². The molecule has 56 heavy (non-hydrogen) atoms. The van der Waals surface area contributed by atoms with Crippen molar-refractivity contribution in [2.75, 3.05) is 28.4 Å². The van der Waals surface area contributed by atoms with Gasteiger partial charge in [0.2, 0.25) is 0 Å². The van der Waals surface area contributed by atoms with Gasteiger partial charge in [-0.3, -0.25) is 27.9 Å². The van der Waals surface area contributed by atoms with Crippen LogP contribution in [0, 0.1) is 0 Å². The standard InChI is InChI=1S/C40H48N8O8/c1-11-45-35-31(37(49)47(13-3)39(45)51)41-33(43(35)5)29-27(21-15-17-23(53-7)25(19-21)55-9)30(28(29)22-16-18-24(54-8)26(20-22)56-10)34-42-32-36(44(34)6)46(12-2)40(52)48(14-4)38(32)50/h15-20,27-30H,11-14H2,1-10H3. The Labute approximate surface area is 322 Å². The topological polar surface area (TPSA) is 161 Å². The lowest BCUT2D eigenvalue weighted by atomic mass is 9.51. The van der Waals surface area contributed by atoms with Crippen LogP contribution in [0.15, 0.2) is 55.6 Å². The molecule has 0 amide bonds.